The Balaban J connectivity index is 1.86. The summed E-state index contributed by atoms with van der Waals surface area (Å²) in [6.45, 7) is 0. The number of hydrogen-bond donors (Lipinski definition) is 2. The van der Waals surface area contributed by atoms with Gasteiger partial charge in [-0.05, 0) is 47.9 Å². The van der Waals surface area contributed by atoms with Gasteiger partial charge in [0.2, 0.25) is 0 Å². The summed E-state index contributed by atoms with van der Waals surface area (Å²) in [6, 6.07) is 23.2. The third-order valence-corrected chi connectivity index (χ3v) is 5.05. The molecule has 0 spiro atoms. The Hall–Kier alpha value is -3.71. The summed E-state index contributed by atoms with van der Waals surface area (Å²) >= 11 is 3.37. The van der Waals surface area contributed by atoms with Gasteiger partial charge < -0.3 is 20.5 Å². The maximum Gasteiger partial charge on any atom is 0.268 e. The number of nitrogens with one attached hydrogen (secondary N) is 2. The smallest absolute Gasteiger partial charge is 0.268 e. The van der Waals surface area contributed by atoms with Gasteiger partial charge in [0, 0.05) is 10.0 Å². The second-order valence-electron chi connectivity index (χ2n) is 6.97. The van der Waals surface area contributed by atoms with Crippen LogP contribution in [-0.4, -0.2) is 23.8 Å². The number of halogens is 1. The van der Waals surface area contributed by atoms with E-state index in [0.717, 1.165) is 10.0 Å². The van der Waals surface area contributed by atoms with Gasteiger partial charge in [0.1, 0.15) is 5.70 Å². The zero-order valence-electron chi connectivity index (χ0n) is 17.0. The predicted octanol–water partition coefficient (Wildman–Crippen LogP) is 2.70. The number of carboxylic acid groups (broad SMARTS) is 1. The topological polar surface area (TPSA) is 98.3 Å². The number of carbonyl (C=O) groups excluding carboxylic acids is 3. The Kier molecular flexibility index (Phi) is 7.94. The standard InChI is InChI=1S/C25H21BrN2O4/c26-20-13-7-10-18(14-20)16-21(27-23(29)19-11-5-2-6-12-19)24(30)28-22(25(31)32)15-17-8-3-1-4-9-17/h1-14,16,22H,15H2,(H,27,29)(H,28,30)(H,31,32)/p-1/b21-16-/t22-/m1/s1. The van der Waals surface area contributed by atoms with Crippen LogP contribution in [-0.2, 0) is 16.0 Å². The molecule has 162 valence electrons. The van der Waals surface area contributed by atoms with Crippen LogP contribution in [0, 0.1) is 0 Å². The van der Waals surface area contributed by atoms with Gasteiger partial charge in [-0.1, -0.05) is 76.6 Å². The van der Waals surface area contributed by atoms with Crippen LogP contribution in [0.15, 0.2) is 95.1 Å². The molecule has 6 nitrogen and oxygen atoms in total. The van der Waals surface area contributed by atoms with Gasteiger partial charge in [-0.15, -0.1) is 0 Å². The van der Waals surface area contributed by atoms with Gasteiger partial charge in [0.05, 0.1) is 12.0 Å². The molecule has 0 unspecified atom stereocenters. The molecule has 3 aromatic rings. The molecule has 0 saturated heterocycles. The first-order valence-corrected chi connectivity index (χ1v) is 10.6. The molecule has 3 rings (SSSR count). The lowest BCUT2D eigenvalue weighted by atomic mass is 10.1. The Morgan fingerprint density at radius 1 is 0.906 bits per heavy atom. The molecule has 0 aliphatic carbocycles. The number of amides is 2. The number of carboxylic acids is 1. The lowest BCUT2D eigenvalue weighted by molar-refractivity contribution is -0.308. The fraction of sp³-hybridized carbons (Fsp3) is 0.0800. The van der Waals surface area contributed by atoms with Gasteiger partial charge >= 0.3 is 0 Å². The summed E-state index contributed by atoms with van der Waals surface area (Å²) in [4.78, 5) is 37.3. The lowest BCUT2D eigenvalue weighted by Crippen LogP contribution is -2.50. The molecule has 0 radical (unpaired) electrons. The van der Waals surface area contributed by atoms with E-state index in [1.165, 1.54) is 6.08 Å². The Labute approximate surface area is 194 Å². The van der Waals surface area contributed by atoms with E-state index in [1.54, 1.807) is 72.8 Å². The first-order valence-electron chi connectivity index (χ1n) is 9.81. The molecule has 0 fully saturated rings. The van der Waals surface area contributed by atoms with Crippen LogP contribution in [0.4, 0.5) is 0 Å². The van der Waals surface area contributed by atoms with Crippen LogP contribution in [0.25, 0.3) is 6.08 Å². The van der Waals surface area contributed by atoms with Gasteiger partial charge in [-0.2, -0.15) is 0 Å². The highest BCUT2D eigenvalue weighted by Crippen LogP contribution is 2.15. The molecule has 7 heteroatoms. The second-order valence-corrected chi connectivity index (χ2v) is 7.88. The van der Waals surface area contributed by atoms with Crippen molar-refractivity contribution in [3.8, 4) is 0 Å². The Bertz CT molecular complexity index is 1130. The third-order valence-electron chi connectivity index (χ3n) is 4.56. The summed E-state index contributed by atoms with van der Waals surface area (Å²) in [5.41, 5.74) is 1.65. The molecule has 0 bridgehead atoms. The van der Waals surface area contributed by atoms with Crippen molar-refractivity contribution in [3.63, 3.8) is 0 Å². The molecule has 0 aliphatic rings. The van der Waals surface area contributed by atoms with Gasteiger partial charge in [-0.25, -0.2) is 0 Å². The quantitative estimate of drug-likeness (QED) is 0.473. The molecule has 32 heavy (non-hydrogen) atoms. The van der Waals surface area contributed by atoms with Crippen LogP contribution in [0.2, 0.25) is 0 Å². The number of hydrogen-bond acceptors (Lipinski definition) is 4. The molecule has 0 aliphatic heterocycles. The largest absolute Gasteiger partial charge is 0.548 e. The van der Waals surface area contributed by atoms with Crippen LogP contribution in [0.5, 0.6) is 0 Å². The zero-order valence-corrected chi connectivity index (χ0v) is 18.5. The van der Waals surface area contributed by atoms with Crippen molar-refractivity contribution in [1.29, 1.82) is 0 Å². The minimum atomic E-state index is -1.42. The van der Waals surface area contributed by atoms with E-state index in [0.29, 0.717) is 11.1 Å². The summed E-state index contributed by atoms with van der Waals surface area (Å²) in [5.74, 6) is -2.65. The van der Waals surface area contributed by atoms with Crippen molar-refractivity contribution in [2.45, 2.75) is 12.5 Å². The van der Waals surface area contributed by atoms with E-state index in [1.807, 2.05) is 12.1 Å². The third kappa shape index (κ3) is 6.65. The number of carbonyl (C=O) groups is 3. The number of rotatable bonds is 8. The maximum atomic E-state index is 13.0. The van der Waals surface area contributed by atoms with Gasteiger partial charge in [0.15, 0.2) is 0 Å². The van der Waals surface area contributed by atoms with Gasteiger partial charge in [0.25, 0.3) is 11.8 Å². The van der Waals surface area contributed by atoms with E-state index in [2.05, 4.69) is 26.6 Å². The lowest BCUT2D eigenvalue weighted by Gasteiger charge is -2.21. The van der Waals surface area contributed by atoms with E-state index >= 15 is 0 Å². The molecule has 0 saturated carbocycles. The normalized spacial score (nSPS) is 12.0. The monoisotopic (exact) mass is 491 g/mol. The SMILES string of the molecule is O=C(N[C@H](Cc1ccccc1)C(=O)[O-])/C(=C/c1cccc(Br)c1)NC(=O)c1ccccc1. The molecule has 1 atom stereocenters. The Morgan fingerprint density at radius 2 is 1.56 bits per heavy atom. The van der Waals surface area contributed by atoms with Crippen LogP contribution >= 0.6 is 15.9 Å². The number of aliphatic carboxylic acids is 1. The highest BCUT2D eigenvalue weighted by atomic mass is 79.9. The average Bonchev–Trinajstić information content (AvgIpc) is 2.79. The predicted molar refractivity (Wildman–Crippen MR) is 123 cm³/mol. The molecule has 0 heterocycles. The van der Waals surface area contributed by atoms with Crippen molar-refractivity contribution in [2.24, 2.45) is 0 Å². The highest BCUT2D eigenvalue weighted by molar-refractivity contribution is 9.10. The van der Waals surface area contributed by atoms with Crippen molar-refractivity contribution in [3.05, 3.63) is 112 Å². The molecular formula is C25H20BrN2O4-. The highest BCUT2D eigenvalue weighted by Gasteiger charge is 2.19. The summed E-state index contributed by atoms with van der Waals surface area (Å²) in [7, 11) is 0. The van der Waals surface area contributed by atoms with Crippen molar-refractivity contribution in [1.82, 2.24) is 10.6 Å². The van der Waals surface area contributed by atoms with E-state index in [-0.39, 0.29) is 12.1 Å². The van der Waals surface area contributed by atoms with Crippen LogP contribution in [0.3, 0.4) is 0 Å². The molecule has 0 aromatic heterocycles. The fourth-order valence-electron chi connectivity index (χ4n) is 2.98. The van der Waals surface area contributed by atoms with Gasteiger partial charge in [-0.3, -0.25) is 9.59 Å². The van der Waals surface area contributed by atoms with E-state index in [9.17, 15) is 19.5 Å². The molecule has 3 aromatic carbocycles. The number of benzene rings is 3. The molecular weight excluding hydrogens is 472 g/mol. The van der Waals surface area contributed by atoms with Crippen LogP contribution < -0.4 is 15.7 Å². The summed E-state index contributed by atoms with van der Waals surface area (Å²) in [5, 5.41) is 16.7. The maximum absolute atomic E-state index is 13.0. The van der Waals surface area contributed by atoms with E-state index in [4.69, 9.17) is 0 Å². The minimum Gasteiger partial charge on any atom is -0.548 e. The second kappa shape index (κ2) is 11.1. The van der Waals surface area contributed by atoms with Crippen molar-refractivity contribution >= 4 is 39.8 Å². The minimum absolute atomic E-state index is 0.0473. The first kappa shape index (κ1) is 23.0. The fourth-order valence-corrected chi connectivity index (χ4v) is 3.40. The summed E-state index contributed by atoms with van der Waals surface area (Å²) in [6.07, 6.45) is 1.53. The average molecular weight is 492 g/mol. The van der Waals surface area contributed by atoms with Crippen molar-refractivity contribution in [2.75, 3.05) is 0 Å². The Morgan fingerprint density at radius 3 is 2.19 bits per heavy atom. The zero-order chi connectivity index (χ0) is 22.9. The molecule has 2 amide bonds. The van der Waals surface area contributed by atoms with E-state index < -0.39 is 23.8 Å². The first-order chi connectivity index (χ1) is 15.4. The van der Waals surface area contributed by atoms with Crippen LogP contribution in [0.1, 0.15) is 21.5 Å². The van der Waals surface area contributed by atoms with Crippen molar-refractivity contribution < 1.29 is 19.5 Å². The summed E-state index contributed by atoms with van der Waals surface area (Å²) < 4.78 is 0.789. The molecule has 2 N–H and O–H groups in total.